The first-order valence-electron chi connectivity index (χ1n) is 11.4. The lowest BCUT2D eigenvalue weighted by molar-refractivity contribution is 0.103. The van der Waals surface area contributed by atoms with E-state index in [0.717, 1.165) is 18.5 Å². The molecule has 0 heterocycles. The summed E-state index contributed by atoms with van der Waals surface area (Å²) in [5.41, 5.74) is 0.737. The van der Waals surface area contributed by atoms with Crippen molar-refractivity contribution in [2.45, 2.75) is 88.8 Å². The average molecular weight is 404 g/mol. The summed E-state index contributed by atoms with van der Waals surface area (Å²) >= 11 is 0. The van der Waals surface area contributed by atoms with Crippen LogP contribution in [0.15, 0.2) is 24.3 Å². The summed E-state index contributed by atoms with van der Waals surface area (Å²) in [6, 6.07) is 7.96. The molecule has 1 atom stereocenters. The summed E-state index contributed by atoms with van der Waals surface area (Å²) in [6.07, 6.45) is 12.9. The van der Waals surface area contributed by atoms with Gasteiger partial charge in [-0.1, -0.05) is 44.9 Å². The molecule has 2 aliphatic carbocycles. The van der Waals surface area contributed by atoms with Crippen molar-refractivity contribution in [1.82, 2.24) is 10.6 Å². The Morgan fingerprint density at radius 1 is 0.931 bits per heavy atom. The third kappa shape index (κ3) is 8.23. The third-order valence-electron chi connectivity index (χ3n) is 5.99. The number of benzene rings is 1. The molecule has 1 aromatic rings. The van der Waals surface area contributed by atoms with Crippen LogP contribution in [0.5, 0.6) is 5.75 Å². The van der Waals surface area contributed by atoms with E-state index in [1.54, 1.807) is 0 Å². The zero-order valence-corrected chi connectivity index (χ0v) is 17.5. The number of anilines is 1. The molecule has 1 unspecified atom stereocenters. The van der Waals surface area contributed by atoms with Crippen LogP contribution in [0, 0.1) is 0 Å². The minimum absolute atomic E-state index is 0.148. The van der Waals surface area contributed by atoms with Gasteiger partial charge in [-0.25, -0.2) is 4.79 Å². The van der Waals surface area contributed by atoms with E-state index in [-0.39, 0.29) is 12.6 Å². The number of carbonyl (C=O) groups is 1. The quantitative estimate of drug-likeness (QED) is 0.491. The Morgan fingerprint density at radius 3 is 2.17 bits per heavy atom. The number of nitrogens with one attached hydrogen (secondary N) is 3. The molecule has 3 rings (SSSR count). The molecule has 0 saturated heterocycles. The van der Waals surface area contributed by atoms with Crippen molar-refractivity contribution >= 4 is 11.7 Å². The SMILES string of the molecule is O=C(Nc1ccc(OCC(O)CNC2CCCCCC2)cc1)NC1CCCCC1. The topological polar surface area (TPSA) is 82.6 Å². The fourth-order valence-corrected chi connectivity index (χ4v) is 4.27. The Morgan fingerprint density at radius 2 is 1.52 bits per heavy atom. The normalized spacial score (nSPS) is 19.9. The summed E-state index contributed by atoms with van der Waals surface area (Å²) in [7, 11) is 0. The van der Waals surface area contributed by atoms with Crippen molar-refractivity contribution in [3.8, 4) is 5.75 Å². The molecule has 2 aliphatic rings. The monoisotopic (exact) mass is 403 g/mol. The summed E-state index contributed by atoms with van der Waals surface area (Å²) in [4.78, 5) is 12.1. The van der Waals surface area contributed by atoms with E-state index in [2.05, 4.69) is 16.0 Å². The first-order chi connectivity index (χ1) is 14.2. The maximum Gasteiger partial charge on any atom is 0.319 e. The van der Waals surface area contributed by atoms with E-state index >= 15 is 0 Å². The largest absolute Gasteiger partial charge is 0.491 e. The summed E-state index contributed by atoms with van der Waals surface area (Å²) in [5.74, 6) is 0.691. The molecular weight excluding hydrogens is 366 g/mol. The summed E-state index contributed by atoms with van der Waals surface area (Å²) in [5, 5.41) is 19.6. The second kappa shape index (κ2) is 12.0. The molecule has 6 heteroatoms. The average Bonchev–Trinajstić information content (AvgIpc) is 3.01. The molecule has 0 radical (unpaired) electrons. The van der Waals surface area contributed by atoms with Gasteiger partial charge in [0, 0.05) is 24.3 Å². The summed E-state index contributed by atoms with van der Waals surface area (Å²) < 4.78 is 5.70. The maximum absolute atomic E-state index is 12.1. The molecule has 0 bridgehead atoms. The predicted octanol–water partition coefficient (Wildman–Crippen LogP) is 4.19. The molecule has 2 saturated carbocycles. The van der Waals surface area contributed by atoms with E-state index in [9.17, 15) is 9.90 Å². The second-order valence-electron chi connectivity index (χ2n) is 8.52. The highest BCUT2D eigenvalue weighted by Crippen LogP contribution is 2.19. The fourth-order valence-electron chi connectivity index (χ4n) is 4.27. The highest BCUT2D eigenvalue weighted by molar-refractivity contribution is 5.89. The first kappa shape index (κ1) is 21.9. The smallest absolute Gasteiger partial charge is 0.319 e. The Hall–Kier alpha value is -1.79. The molecule has 2 fully saturated rings. The Bertz CT molecular complexity index is 594. The van der Waals surface area contributed by atoms with E-state index in [1.165, 1.54) is 57.8 Å². The number of hydrogen-bond donors (Lipinski definition) is 4. The molecule has 0 aliphatic heterocycles. The minimum atomic E-state index is -0.530. The van der Waals surface area contributed by atoms with Crippen LogP contribution in [0.4, 0.5) is 10.5 Å². The molecule has 2 amide bonds. The molecular formula is C23H37N3O3. The minimum Gasteiger partial charge on any atom is -0.491 e. The van der Waals surface area contributed by atoms with Crippen molar-refractivity contribution in [2.24, 2.45) is 0 Å². The van der Waals surface area contributed by atoms with E-state index in [4.69, 9.17) is 4.74 Å². The Kier molecular flexibility index (Phi) is 9.09. The van der Waals surface area contributed by atoms with Crippen LogP contribution in [-0.2, 0) is 0 Å². The third-order valence-corrected chi connectivity index (χ3v) is 5.99. The van der Waals surface area contributed by atoms with E-state index in [0.29, 0.717) is 24.4 Å². The number of aliphatic hydroxyl groups is 1. The zero-order chi connectivity index (χ0) is 20.3. The first-order valence-corrected chi connectivity index (χ1v) is 11.4. The van der Waals surface area contributed by atoms with Crippen molar-refractivity contribution < 1.29 is 14.6 Å². The van der Waals surface area contributed by atoms with Crippen LogP contribution in [0.25, 0.3) is 0 Å². The molecule has 1 aromatic carbocycles. The van der Waals surface area contributed by atoms with Crippen LogP contribution in [0.3, 0.4) is 0 Å². The van der Waals surface area contributed by atoms with Gasteiger partial charge in [0.15, 0.2) is 0 Å². The van der Waals surface area contributed by atoms with Gasteiger partial charge < -0.3 is 25.8 Å². The predicted molar refractivity (Wildman–Crippen MR) is 116 cm³/mol. The van der Waals surface area contributed by atoms with Gasteiger partial charge in [0.1, 0.15) is 18.5 Å². The Balaban J connectivity index is 1.33. The molecule has 0 aromatic heterocycles. The second-order valence-corrected chi connectivity index (χ2v) is 8.52. The number of urea groups is 1. The van der Waals surface area contributed by atoms with Crippen molar-refractivity contribution in [2.75, 3.05) is 18.5 Å². The number of aliphatic hydroxyl groups excluding tert-OH is 1. The number of amides is 2. The van der Waals surface area contributed by atoms with Gasteiger partial charge in [0.2, 0.25) is 0 Å². The lowest BCUT2D eigenvalue weighted by atomic mass is 9.96. The van der Waals surface area contributed by atoms with Gasteiger partial charge in [0.25, 0.3) is 0 Å². The molecule has 4 N–H and O–H groups in total. The van der Waals surface area contributed by atoms with Crippen molar-refractivity contribution in [3.63, 3.8) is 0 Å². The van der Waals surface area contributed by atoms with Gasteiger partial charge >= 0.3 is 6.03 Å². The van der Waals surface area contributed by atoms with Crippen molar-refractivity contribution in [3.05, 3.63) is 24.3 Å². The Labute approximate surface area is 174 Å². The number of rotatable bonds is 8. The molecule has 6 nitrogen and oxygen atoms in total. The van der Waals surface area contributed by atoms with Gasteiger partial charge in [-0.2, -0.15) is 0 Å². The lowest BCUT2D eigenvalue weighted by Crippen LogP contribution is -2.39. The van der Waals surface area contributed by atoms with Crippen LogP contribution in [0.1, 0.15) is 70.6 Å². The fraction of sp³-hybridized carbons (Fsp3) is 0.696. The highest BCUT2D eigenvalue weighted by atomic mass is 16.5. The lowest BCUT2D eigenvalue weighted by Gasteiger charge is -2.22. The standard InChI is InChI=1S/C23H37N3O3/c27-21(16-24-18-8-4-1-2-5-9-18)17-29-22-14-12-20(13-15-22)26-23(28)25-19-10-6-3-7-11-19/h12-15,18-19,21,24,27H,1-11,16-17H2,(H2,25,26,28). The number of hydrogen-bond acceptors (Lipinski definition) is 4. The van der Waals surface area contributed by atoms with E-state index in [1.807, 2.05) is 24.3 Å². The van der Waals surface area contributed by atoms with Crippen LogP contribution in [-0.4, -0.2) is 42.5 Å². The van der Waals surface area contributed by atoms with Crippen LogP contribution < -0.4 is 20.7 Å². The van der Waals surface area contributed by atoms with Crippen LogP contribution in [0.2, 0.25) is 0 Å². The van der Waals surface area contributed by atoms with Crippen LogP contribution >= 0.6 is 0 Å². The maximum atomic E-state index is 12.1. The van der Waals surface area contributed by atoms with Gasteiger partial charge in [-0.3, -0.25) is 0 Å². The molecule has 0 spiro atoms. The highest BCUT2D eigenvalue weighted by Gasteiger charge is 2.16. The zero-order valence-electron chi connectivity index (χ0n) is 17.5. The van der Waals surface area contributed by atoms with Crippen molar-refractivity contribution in [1.29, 1.82) is 0 Å². The molecule has 29 heavy (non-hydrogen) atoms. The summed E-state index contributed by atoms with van der Waals surface area (Å²) in [6.45, 7) is 0.820. The van der Waals surface area contributed by atoms with E-state index < -0.39 is 6.10 Å². The number of ether oxygens (including phenoxy) is 1. The van der Waals surface area contributed by atoms with Gasteiger partial charge in [-0.15, -0.1) is 0 Å². The van der Waals surface area contributed by atoms with Gasteiger partial charge in [0.05, 0.1) is 0 Å². The number of carbonyl (C=O) groups excluding carboxylic acids is 1. The van der Waals surface area contributed by atoms with Gasteiger partial charge in [-0.05, 0) is 49.9 Å². The molecule has 162 valence electrons.